The fraction of sp³-hybridized carbons (Fsp3) is 0.278. The molecule has 116 valence electrons. The van der Waals surface area contributed by atoms with Gasteiger partial charge in [-0.15, -0.1) is 0 Å². The zero-order valence-corrected chi connectivity index (χ0v) is 13.9. The summed E-state index contributed by atoms with van der Waals surface area (Å²) in [4.78, 5) is 14.3. The second kappa shape index (κ2) is 7.43. The molecule has 1 atom stereocenters. The lowest BCUT2D eigenvalue weighted by molar-refractivity contribution is -0.120. The van der Waals surface area contributed by atoms with Gasteiger partial charge >= 0.3 is 0 Å². The third-order valence-corrected chi connectivity index (χ3v) is 3.88. The highest BCUT2D eigenvalue weighted by Crippen LogP contribution is 2.14. The molecular formula is C18H21ClN2O. The third kappa shape index (κ3) is 4.58. The number of likely N-dealkylation sites (N-methyl/N-ethyl adjacent to an activating group) is 1. The Labute approximate surface area is 136 Å². The number of nitrogens with one attached hydrogen (secondary N) is 1. The van der Waals surface area contributed by atoms with E-state index in [1.165, 1.54) is 0 Å². The van der Waals surface area contributed by atoms with Crippen molar-refractivity contribution in [1.29, 1.82) is 0 Å². The molecule has 1 amide bonds. The van der Waals surface area contributed by atoms with E-state index in [9.17, 15) is 4.79 Å². The number of amides is 1. The Morgan fingerprint density at radius 3 is 2.64 bits per heavy atom. The first-order chi connectivity index (χ1) is 10.5. The van der Waals surface area contributed by atoms with Gasteiger partial charge in [0, 0.05) is 17.3 Å². The van der Waals surface area contributed by atoms with E-state index in [0.29, 0.717) is 11.6 Å². The Balaban J connectivity index is 1.97. The Hall–Kier alpha value is -1.84. The molecule has 22 heavy (non-hydrogen) atoms. The topological polar surface area (TPSA) is 32.3 Å². The lowest BCUT2D eigenvalue weighted by atomic mass is 10.1. The Morgan fingerprint density at radius 1 is 1.23 bits per heavy atom. The van der Waals surface area contributed by atoms with E-state index in [1.54, 1.807) is 0 Å². The van der Waals surface area contributed by atoms with Crippen molar-refractivity contribution in [1.82, 2.24) is 4.90 Å². The molecule has 0 fully saturated rings. The number of anilines is 1. The van der Waals surface area contributed by atoms with Crippen LogP contribution in [0, 0.1) is 6.92 Å². The Morgan fingerprint density at radius 2 is 1.95 bits per heavy atom. The van der Waals surface area contributed by atoms with Crippen LogP contribution in [0.4, 0.5) is 5.69 Å². The normalized spacial score (nSPS) is 12.2. The minimum absolute atomic E-state index is 0.0184. The first-order valence-electron chi connectivity index (χ1n) is 7.28. The molecule has 2 rings (SSSR count). The summed E-state index contributed by atoms with van der Waals surface area (Å²) in [5.41, 5.74) is 3.04. The molecule has 2 aromatic rings. The highest BCUT2D eigenvalue weighted by molar-refractivity contribution is 6.30. The van der Waals surface area contributed by atoms with Crippen LogP contribution < -0.4 is 5.32 Å². The van der Waals surface area contributed by atoms with Gasteiger partial charge in [-0.05, 0) is 56.3 Å². The summed E-state index contributed by atoms with van der Waals surface area (Å²) in [6.45, 7) is 4.57. The van der Waals surface area contributed by atoms with Crippen LogP contribution in [0.5, 0.6) is 0 Å². The van der Waals surface area contributed by atoms with E-state index in [-0.39, 0.29) is 11.9 Å². The predicted octanol–water partition coefficient (Wildman–Crippen LogP) is 4.11. The van der Waals surface area contributed by atoms with Gasteiger partial charge in [0.05, 0.1) is 6.04 Å². The number of nitrogens with zero attached hydrogens (tertiary/aromatic N) is 1. The van der Waals surface area contributed by atoms with Crippen LogP contribution in [0.15, 0.2) is 48.5 Å². The van der Waals surface area contributed by atoms with Crippen molar-refractivity contribution in [2.75, 3.05) is 12.4 Å². The van der Waals surface area contributed by atoms with Crippen molar-refractivity contribution < 1.29 is 4.79 Å². The van der Waals surface area contributed by atoms with Crippen LogP contribution in [-0.4, -0.2) is 23.9 Å². The van der Waals surface area contributed by atoms with Crippen LogP contribution in [0.2, 0.25) is 5.02 Å². The highest BCUT2D eigenvalue weighted by Gasteiger charge is 2.18. The van der Waals surface area contributed by atoms with Crippen molar-refractivity contribution in [3.05, 3.63) is 64.7 Å². The molecule has 2 aromatic carbocycles. The second-order valence-electron chi connectivity index (χ2n) is 5.58. The number of halogens is 1. The van der Waals surface area contributed by atoms with E-state index in [4.69, 9.17) is 11.6 Å². The number of rotatable bonds is 5. The quantitative estimate of drug-likeness (QED) is 0.900. The van der Waals surface area contributed by atoms with Crippen molar-refractivity contribution in [3.8, 4) is 0 Å². The number of aryl methyl sites for hydroxylation is 1. The molecule has 0 spiro atoms. The van der Waals surface area contributed by atoms with Crippen molar-refractivity contribution in [2.45, 2.75) is 26.4 Å². The van der Waals surface area contributed by atoms with E-state index in [1.807, 2.05) is 74.3 Å². The van der Waals surface area contributed by atoms with E-state index in [0.717, 1.165) is 16.8 Å². The summed E-state index contributed by atoms with van der Waals surface area (Å²) < 4.78 is 0. The number of hydrogen-bond acceptors (Lipinski definition) is 2. The maximum Gasteiger partial charge on any atom is 0.241 e. The molecule has 0 saturated heterocycles. The van der Waals surface area contributed by atoms with Gasteiger partial charge in [-0.3, -0.25) is 9.69 Å². The fourth-order valence-electron chi connectivity index (χ4n) is 2.23. The molecule has 0 bridgehead atoms. The SMILES string of the molecule is Cc1cccc(NC(=O)C(C)N(C)Cc2cccc(Cl)c2)c1. The number of carbonyl (C=O) groups excluding carboxylic acids is 1. The molecule has 0 saturated carbocycles. The zero-order chi connectivity index (χ0) is 16.1. The monoisotopic (exact) mass is 316 g/mol. The summed E-state index contributed by atoms with van der Waals surface area (Å²) in [7, 11) is 1.93. The molecular weight excluding hydrogens is 296 g/mol. The lowest BCUT2D eigenvalue weighted by Gasteiger charge is -2.24. The van der Waals surface area contributed by atoms with Gasteiger partial charge < -0.3 is 5.32 Å². The molecule has 0 aliphatic carbocycles. The van der Waals surface area contributed by atoms with Gasteiger partial charge in [0.2, 0.25) is 5.91 Å². The maximum absolute atomic E-state index is 12.3. The number of benzene rings is 2. The van der Waals surface area contributed by atoms with E-state index >= 15 is 0 Å². The van der Waals surface area contributed by atoms with Crippen molar-refractivity contribution >= 4 is 23.2 Å². The zero-order valence-electron chi connectivity index (χ0n) is 13.1. The summed E-state index contributed by atoms with van der Waals surface area (Å²) in [5, 5.41) is 3.66. The average molecular weight is 317 g/mol. The largest absolute Gasteiger partial charge is 0.325 e. The van der Waals surface area contributed by atoms with Crippen LogP contribution in [-0.2, 0) is 11.3 Å². The number of carbonyl (C=O) groups is 1. The fourth-order valence-corrected chi connectivity index (χ4v) is 2.44. The molecule has 3 nitrogen and oxygen atoms in total. The average Bonchev–Trinajstić information content (AvgIpc) is 2.46. The molecule has 1 unspecified atom stereocenters. The first kappa shape index (κ1) is 16.5. The third-order valence-electron chi connectivity index (χ3n) is 3.65. The van der Waals surface area contributed by atoms with Gasteiger partial charge in [0.15, 0.2) is 0 Å². The molecule has 0 aliphatic rings. The molecule has 1 N–H and O–H groups in total. The molecule has 0 radical (unpaired) electrons. The smallest absolute Gasteiger partial charge is 0.241 e. The van der Waals surface area contributed by atoms with Crippen molar-refractivity contribution in [3.63, 3.8) is 0 Å². The predicted molar refractivity (Wildman–Crippen MR) is 92.2 cm³/mol. The standard InChI is InChI=1S/C18H21ClN2O/c1-13-6-4-9-17(10-13)20-18(22)14(2)21(3)12-15-7-5-8-16(19)11-15/h4-11,14H,12H2,1-3H3,(H,20,22). The summed E-state index contributed by atoms with van der Waals surface area (Å²) in [5.74, 6) is -0.0184. The van der Waals surface area contributed by atoms with E-state index < -0.39 is 0 Å². The molecule has 0 heterocycles. The number of hydrogen-bond donors (Lipinski definition) is 1. The highest BCUT2D eigenvalue weighted by atomic mass is 35.5. The summed E-state index contributed by atoms with van der Waals surface area (Å²) in [6, 6.07) is 15.3. The Kier molecular flexibility index (Phi) is 5.58. The van der Waals surface area contributed by atoms with Crippen LogP contribution >= 0.6 is 11.6 Å². The second-order valence-corrected chi connectivity index (χ2v) is 6.02. The first-order valence-corrected chi connectivity index (χ1v) is 7.66. The minimum Gasteiger partial charge on any atom is -0.325 e. The van der Waals surface area contributed by atoms with Crippen LogP contribution in [0.25, 0.3) is 0 Å². The van der Waals surface area contributed by atoms with Gasteiger partial charge in [-0.25, -0.2) is 0 Å². The maximum atomic E-state index is 12.3. The molecule has 0 aliphatic heterocycles. The van der Waals surface area contributed by atoms with Gasteiger partial charge in [-0.1, -0.05) is 35.9 Å². The summed E-state index contributed by atoms with van der Waals surface area (Å²) >= 11 is 5.99. The minimum atomic E-state index is -0.237. The Bertz CT molecular complexity index is 657. The summed E-state index contributed by atoms with van der Waals surface area (Å²) in [6.07, 6.45) is 0. The van der Waals surface area contributed by atoms with Gasteiger partial charge in [0.1, 0.15) is 0 Å². The van der Waals surface area contributed by atoms with Gasteiger partial charge in [0.25, 0.3) is 0 Å². The molecule has 0 aromatic heterocycles. The lowest BCUT2D eigenvalue weighted by Crippen LogP contribution is -2.39. The van der Waals surface area contributed by atoms with Crippen LogP contribution in [0.3, 0.4) is 0 Å². The van der Waals surface area contributed by atoms with Crippen molar-refractivity contribution in [2.24, 2.45) is 0 Å². The van der Waals surface area contributed by atoms with Crippen LogP contribution in [0.1, 0.15) is 18.1 Å². The molecule has 4 heteroatoms. The van der Waals surface area contributed by atoms with E-state index in [2.05, 4.69) is 5.32 Å². The van der Waals surface area contributed by atoms with Gasteiger partial charge in [-0.2, -0.15) is 0 Å².